The minimum Gasteiger partial charge on any atom is -0.508 e. The molecule has 2 saturated carbocycles. The summed E-state index contributed by atoms with van der Waals surface area (Å²) in [5.41, 5.74) is 1.87. The van der Waals surface area contributed by atoms with E-state index in [0.717, 1.165) is 12.8 Å². The smallest absolute Gasteiger partial charge is 0.255 e. The van der Waals surface area contributed by atoms with Gasteiger partial charge in [-0.25, -0.2) is 4.39 Å². The summed E-state index contributed by atoms with van der Waals surface area (Å²) < 4.78 is 16.2. The first-order valence-electron chi connectivity index (χ1n) is 13.6. The van der Waals surface area contributed by atoms with Crippen molar-refractivity contribution in [2.75, 3.05) is 14.1 Å². The minimum atomic E-state index is -2.72. The van der Waals surface area contributed by atoms with Crippen LogP contribution in [0.25, 0.3) is 5.76 Å². The lowest BCUT2D eigenvalue weighted by atomic mass is 9.57. The number of primary amides is 1. The van der Waals surface area contributed by atoms with Crippen LogP contribution in [0.1, 0.15) is 55.4 Å². The number of nitrogens with two attached hydrogens (primary N) is 1. The van der Waals surface area contributed by atoms with Crippen molar-refractivity contribution in [2.24, 2.45) is 23.5 Å². The van der Waals surface area contributed by atoms with E-state index in [1.165, 1.54) is 19.0 Å². The van der Waals surface area contributed by atoms with Crippen molar-refractivity contribution < 1.29 is 39.2 Å². The van der Waals surface area contributed by atoms with Crippen molar-refractivity contribution in [3.05, 3.63) is 45.0 Å². The van der Waals surface area contributed by atoms with E-state index >= 15 is 4.39 Å². The van der Waals surface area contributed by atoms with Crippen LogP contribution in [0.3, 0.4) is 0 Å². The predicted molar refractivity (Wildman–Crippen MR) is 140 cm³/mol. The van der Waals surface area contributed by atoms with Crippen LogP contribution in [0.5, 0.6) is 5.75 Å². The van der Waals surface area contributed by atoms with Gasteiger partial charge in [0.25, 0.3) is 5.91 Å². The number of phenolic OH excluding ortho intramolecular Hbond substituents is 1. The van der Waals surface area contributed by atoms with Gasteiger partial charge in [-0.05, 0) is 65.5 Å². The van der Waals surface area contributed by atoms with E-state index in [0.29, 0.717) is 23.6 Å². The molecule has 4 aliphatic carbocycles. The molecule has 6 rings (SSSR count). The van der Waals surface area contributed by atoms with E-state index < -0.39 is 63.9 Å². The van der Waals surface area contributed by atoms with Gasteiger partial charge in [0, 0.05) is 46.8 Å². The average Bonchev–Trinajstić information content (AvgIpc) is 3.63. The van der Waals surface area contributed by atoms with Crippen LogP contribution < -0.4 is 5.73 Å². The van der Waals surface area contributed by atoms with E-state index in [2.05, 4.69) is 18.7 Å². The van der Waals surface area contributed by atoms with E-state index in [9.17, 15) is 34.8 Å². The SMILES string of the molecule is CN(C)[C@@H]1C(=O)C(C(N)=O)=C(O)[C@@]2(O)C(=O)C3=C(O)c4c(O)c5c(c(F)c4C[C@H]3C[C@@H]12)CN(C(C)(C)C1CC1)C5. The van der Waals surface area contributed by atoms with Gasteiger partial charge in [-0.3, -0.25) is 24.2 Å². The number of hydrogen-bond acceptors (Lipinski definition) is 9. The number of carbonyl (C=O) groups is 3. The monoisotopic (exact) mass is 555 g/mol. The van der Waals surface area contributed by atoms with Crippen LogP contribution in [0.4, 0.5) is 4.39 Å². The molecule has 0 unspecified atom stereocenters. The minimum absolute atomic E-state index is 0.0623. The molecule has 2 fully saturated rings. The Morgan fingerprint density at radius 2 is 1.73 bits per heavy atom. The Labute approximate surface area is 230 Å². The van der Waals surface area contributed by atoms with Crippen molar-refractivity contribution in [1.29, 1.82) is 0 Å². The van der Waals surface area contributed by atoms with Gasteiger partial charge in [-0.1, -0.05) is 0 Å². The number of ketones is 2. The van der Waals surface area contributed by atoms with Crippen LogP contribution in [0.2, 0.25) is 0 Å². The summed E-state index contributed by atoms with van der Waals surface area (Å²) in [6.45, 7) is 4.78. The number of hydrogen-bond donors (Lipinski definition) is 5. The second-order valence-corrected chi connectivity index (χ2v) is 12.7. The second-order valence-electron chi connectivity index (χ2n) is 12.7. The highest BCUT2D eigenvalue weighted by atomic mass is 19.1. The summed E-state index contributed by atoms with van der Waals surface area (Å²) in [6.07, 6.45) is 2.03. The first kappa shape index (κ1) is 26.9. The maximum atomic E-state index is 16.2. The molecule has 214 valence electrons. The Morgan fingerprint density at radius 3 is 2.30 bits per heavy atom. The quantitative estimate of drug-likeness (QED) is 0.347. The molecule has 5 aliphatic rings. The lowest BCUT2D eigenvalue weighted by Crippen LogP contribution is -2.65. The molecule has 0 spiro atoms. The summed E-state index contributed by atoms with van der Waals surface area (Å²) in [5, 5.41) is 45.4. The fourth-order valence-electron chi connectivity index (χ4n) is 7.67. The molecule has 1 aliphatic heterocycles. The first-order valence-corrected chi connectivity index (χ1v) is 13.6. The van der Waals surface area contributed by atoms with E-state index in [4.69, 9.17) is 5.73 Å². The molecule has 1 aromatic rings. The number of fused-ring (bicyclic) bond motifs is 4. The number of carbonyl (C=O) groups excluding carboxylic acids is 3. The van der Waals surface area contributed by atoms with Gasteiger partial charge < -0.3 is 26.2 Å². The number of benzene rings is 1. The van der Waals surface area contributed by atoms with E-state index in [1.807, 2.05) is 0 Å². The summed E-state index contributed by atoms with van der Waals surface area (Å²) in [5.74, 6) is -7.44. The number of amides is 1. The number of phenols is 1. The Kier molecular flexibility index (Phi) is 5.63. The van der Waals surface area contributed by atoms with E-state index in [-0.39, 0.29) is 47.4 Å². The maximum absolute atomic E-state index is 16.2. The van der Waals surface area contributed by atoms with Crippen LogP contribution in [-0.4, -0.2) is 79.0 Å². The summed E-state index contributed by atoms with van der Waals surface area (Å²) in [7, 11) is 3.06. The Bertz CT molecular complexity index is 1470. The highest BCUT2D eigenvalue weighted by Gasteiger charge is 2.64. The molecule has 10 nitrogen and oxygen atoms in total. The Morgan fingerprint density at radius 1 is 1.10 bits per heavy atom. The number of likely N-dealkylation sites (N-methyl/N-ethyl adjacent to an activating group) is 1. The summed E-state index contributed by atoms with van der Waals surface area (Å²) in [6, 6.07) is -1.19. The largest absolute Gasteiger partial charge is 0.508 e. The molecule has 11 heteroatoms. The number of halogens is 1. The standard InChI is InChI=1S/C29H34FN3O7/c1-28(2,12-5-6-12)33-9-14-15(10-33)22(34)18-13(20(14)30)7-11-8-16-21(32(3)4)24(36)19(27(31)39)26(38)29(16,40)25(37)17(11)23(18)35/h11-12,16,21,34-35,38,40H,5-10H2,1-4H3,(H2,31,39)/t11-,16-,21-,29-/m0/s1. The van der Waals surface area contributed by atoms with Gasteiger partial charge in [0.1, 0.15) is 28.7 Å². The van der Waals surface area contributed by atoms with Gasteiger partial charge in [0.05, 0.1) is 11.6 Å². The maximum Gasteiger partial charge on any atom is 0.255 e. The third kappa shape index (κ3) is 3.28. The first-order chi connectivity index (χ1) is 18.6. The number of aromatic hydroxyl groups is 1. The van der Waals surface area contributed by atoms with E-state index in [1.54, 1.807) is 0 Å². The third-order valence-electron chi connectivity index (χ3n) is 10.1. The zero-order valence-electron chi connectivity index (χ0n) is 22.9. The molecule has 0 bridgehead atoms. The second kappa shape index (κ2) is 8.37. The van der Waals surface area contributed by atoms with Crippen LogP contribution >= 0.6 is 0 Å². The molecule has 1 aromatic carbocycles. The Hall–Kier alpha value is -3.28. The number of aliphatic hydroxyl groups is 3. The van der Waals surface area contributed by atoms with Crippen molar-refractivity contribution in [1.82, 2.24) is 9.80 Å². The van der Waals surface area contributed by atoms with Crippen molar-refractivity contribution in [3.8, 4) is 5.75 Å². The molecule has 1 heterocycles. The molecular weight excluding hydrogens is 521 g/mol. The highest BCUT2D eigenvalue weighted by Crippen LogP contribution is 2.55. The molecular formula is C29H34FN3O7. The van der Waals surface area contributed by atoms with Gasteiger partial charge in [0.2, 0.25) is 5.78 Å². The molecule has 0 aromatic heterocycles. The van der Waals surface area contributed by atoms with Gasteiger partial charge in [-0.2, -0.15) is 0 Å². The number of rotatable bonds is 4. The lowest BCUT2D eigenvalue weighted by Gasteiger charge is -2.50. The van der Waals surface area contributed by atoms with Gasteiger partial charge in [-0.15, -0.1) is 0 Å². The van der Waals surface area contributed by atoms with Crippen molar-refractivity contribution in [2.45, 2.75) is 69.8 Å². The molecule has 0 radical (unpaired) electrons. The predicted octanol–water partition coefficient (Wildman–Crippen LogP) is 1.61. The molecule has 1 amide bonds. The fraction of sp³-hybridized carbons (Fsp3) is 0.552. The molecule has 6 N–H and O–H groups in total. The Balaban J connectivity index is 1.50. The number of nitrogens with zero attached hydrogens (tertiary/aromatic N) is 2. The van der Waals surface area contributed by atoms with Gasteiger partial charge >= 0.3 is 0 Å². The zero-order chi connectivity index (χ0) is 29.2. The average molecular weight is 556 g/mol. The fourth-order valence-corrected chi connectivity index (χ4v) is 7.67. The van der Waals surface area contributed by atoms with Crippen LogP contribution in [0.15, 0.2) is 16.9 Å². The zero-order valence-corrected chi connectivity index (χ0v) is 22.9. The van der Waals surface area contributed by atoms with Crippen molar-refractivity contribution >= 4 is 23.2 Å². The normalized spacial score (nSPS) is 30.4. The number of aliphatic hydroxyl groups excluding tert-OH is 2. The molecule has 0 saturated heterocycles. The topological polar surface area (TPSA) is 165 Å². The highest BCUT2D eigenvalue weighted by molar-refractivity contribution is 6.24. The lowest BCUT2D eigenvalue weighted by molar-refractivity contribution is -0.153. The van der Waals surface area contributed by atoms with Crippen LogP contribution in [0, 0.1) is 23.6 Å². The van der Waals surface area contributed by atoms with Crippen LogP contribution in [-0.2, 0) is 33.9 Å². The van der Waals surface area contributed by atoms with Gasteiger partial charge in [0.15, 0.2) is 11.4 Å². The van der Waals surface area contributed by atoms with Crippen molar-refractivity contribution in [3.63, 3.8) is 0 Å². The summed E-state index contributed by atoms with van der Waals surface area (Å²) in [4.78, 5) is 42.8. The molecule has 40 heavy (non-hydrogen) atoms. The third-order valence-corrected chi connectivity index (χ3v) is 10.1. The number of Topliss-reactive ketones (excluding diaryl/α,β-unsaturated/α-hetero) is 2. The summed E-state index contributed by atoms with van der Waals surface area (Å²) >= 11 is 0. The molecule has 4 atom stereocenters.